The molecule has 0 saturated carbocycles. The fourth-order valence-electron chi connectivity index (χ4n) is 3.37. The van der Waals surface area contributed by atoms with E-state index in [0.717, 1.165) is 33.6 Å². The number of thioether (sulfide) groups is 1. The van der Waals surface area contributed by atoms with Gasteiger partial charge in [0.15, 0.2) is 6.61 Å². The van der Waals surface area contributed by atoms with E-state index in [1.807, 2.05) is 25.1 Å². The summed E-state index contributed by atoms with van der Waals surface area (Å²) in [7, 11) is 0. The lowest BCUT2D eigenvalue weighted by molar-refractivity contribution is -0.128. The number of aryl methyl sites for hydroxylation is 3. The minimum absolute atomic E-state index is 0.149. The highest BCUT2D eigenvalue weighted by Gasteiger charge is 2.20. The molecule has 4 rings (SSSR count). The van der Waals surface area contributed by atoms with E-state index in [0.29, 0.717) is 5.75 Å². The van der Waals surface area contributed by atoms with Gasteiger partial charge in [-0.05, 0) is 55.9 Å². The summed E-state index contributed by atoms with van der Waals surface area (Å²) in [6.07, 6.45) is 6.08. The van der Waals surface area contributed by atoms with Crippen LogP contribution in [0, 0.1) is 6.92 Å². The van der Waals surface area contributed by atoms with Gasteiger partial charge < -0.3 is 4.74 Å². The Morgan fingerprint density at radius 1 is 1.17 bits per heavy atom. The van der Waals surface area contributed by atoms with Gasteiger partial charge in [-0.1, -0.05) is 23.9 Å². The molecule has 1 aliphatic carbocycles. The van der Waals surface area contributed by atoms with Crippen molar-refractivity contribution in [3.05, 3.63) is 46.6 Å². The second-order valence-corrected chi connectivity index (χ2v) is 9.11. The van der Waals surface area contributed by atoms with Gasteiger partial charge in [0.05, 0.1) is 5.75 Å². The van der Waals surface area contributed by atoms with E-state index in [4.69, 9.17) is 4.74 Å². The summed E-state index contributed by atoms with van der Waals surface area (Å²) in [6, 6.07) is 7.42. The summed E-state index contributed by atoms with van der Waals surface area (Å²) in [6.45, 7) is 1.77. The number of hydrogen-bond acceptors (Lipinski definition) is 7. The molecule has 1 aromatic carbocycles. The lowest BCUT2D eigenvalue weighted by Crippen LogP contribution is -2.44. The van der Waals surface area contributed by atoms with Crippen LogP contribution in [-0.2, 0) is 22.4 Å². The van der Waals surface area contributed by atoms with Crippen LogP contribution in [0.15, 0.2) is 35.6 Å². The fourth-order valence-corrected chi connectivity index (χ4v) is 5.49. The number of ether oxygens (including phenoxy) is 1. The van der Waals surface area contributed by atoms with E-state index in [-0.39, 0.29) is 18.3 Å². The van der Waals surface area contributed by atoms with E-state index in [9.17, 15) is 9.59 Å². The van der Waals surface area contributed by atoms with Crippen molar-refractivity contribution >= 4 is 45.1 Å². The maximum absolute atomic E-state index is 12.2. The third-order valence-electron chi connectivity index (χ3n) is 4.76. The van der Waals surface area contributed by atoms with Crippen molar-refractivity contribution < 1.29 is 14.3 Å². The van der Waals surface area contributed by atoms with E-state index >= 15 is 0 Å². The van der Waals surface area contributed by atoms with Crippen molar-refractivity contribution in [3.63, 3.8) is 0 Å². The molecule has 156 valence electrons. The Labute approximate surface area is 182 Å². The molecule has 0 bridgehead atoms. The average molecular weight is 443 g/mol. The molecule has 0 spiro atoms. The number of aromatic nitrogens is 2. The van der Waals surface area contributed by atoms with Crippen molar-refractivity contribution in [1.82, 2.24) is 20.8 Å². The minimum atomic E-state index is -0.425. The molecular formula is C21H22N4O3S2. The molecule has 0 unspecified atom stereocenters. The number of rotatable bonds is 6. The Hall–Kier alpha value is -2.65. The first-order valence-corrected chi connectivity index (χ1v) is 11.6. The second kappa shape index (κ2) is 9.44. The summed E-state index contributed by atoms with van der Waals surface area (Å²) in [5.74, 6) is 0.0281. The molecule has 0 atom stereocenters. The maximum atomic E-state index is 12.2. The lowest BCUT2D eigenvalue weighted by Gasteiger charge is -2.11. The molecule has 1 aliphatic rings. The van der Waals surface area contributed by atoms with Gasteiger partial charge >= 0.3 is 0 Å². The van der Waals surface area contributed by atoms with Gasteiger partial charge in [0.25, 0.3) is 5.91 Å². The third-order valence-corrected chi connectivity index (χ3v) is 6.95. The van der Waals surface area contributed by atoms with Gasteiger partial charge in [-0.3, -0.25) is 20.4 Å². The van der Waals surface area contributed by atoms with E-state index < -0.39 is 5.91 Å². The molecule has 3 aromatic rings. The zero-order valence-corrected chi connectivity index (χ0v) is 18.2. The normalized spacial score (nSPS) is 13.0. The minimum Gasteiger partial charge on any atom is -0.484 e. The zero-order valence-electron chi connectivity index (χ0n) is 16.6. The monoisotopic (exact) mass is 442 g/mol. The Kier molecular flexibility index (Phi) is 6.49. The SMILES string of the molecule is Cc1cccc(OCC(=O)NNC(=O)CSc2ncnc3sc4c(c23)CCCC4)c1. The zero-order chi connectivity index (χ0) is 20.9. The number of fused-ring (bicyclic) bond motifs is 3. The van der Waals surface area contributed by atoms with Crippen LogP contribution in [0.5, 0.6) is 5.75 Å². The molecule has 2 aromatic heterocycles. The van der Waals surface area contributed by atoms with Crippen LogP contribution in [0.1, 0.15) is 28.8 Å². The number of hydrogen-bond donors (Lipinski definition) is 2. The van der Waals surface area contributed by atoms with Crippen LogP contribution in [0.3, 0.4) is 0 Å². The van der Waals surface area contributed by atoms with Crippen molar-refractivity contribution in [3.8, 4) is 5.75 Å². The van der Waals surface area contributed by atoms with Crippen molar-refractivity contribution in [2.24, 2.45) is 0 Å². The predicted molar refractivity (Wildman–Crippen MR) is 118 cm³/mol. The molecule has 2 heterocycles. The Balaban J connectivity index is 1.28. The van der Waals surface area contributed by atoms with Crippen molar-refractivity contribution in [1.29, 1.82) is 0 Å². The topological polar surface area (TPSA) is 93.2 Å². The molecule has 0 aliphatic heterocycles. The third kappa shape index (κ3) is 4.91. The van der Waals surface area contributed by atoms with Gasteiger partial charge in [-0.2, -0.15) is 0 Å². The molecule has 0 radical (unpaired) electrons. The molecular weight excluding hydrogens is 420 g/mol. The number of amides is 2. The van der Waals surface area contributed by atoms with Crippen molar-refractivity contribution in [2.45, 2.75) is 37.6 Å². The number of carbonyl (C=O) groups is 2. The summed E-state index contributed by atoms with van der Waals surface area (Å²) in [4.78, 5) is 35.3. The first-order chi connectivity index (χ1) is 14.6. The Morgan fingerprint density at radius 2 is 2.00 bits per heavy atom. The quantitative estimate of drug-likeness (QED) is 0.346. The average Bonchev–Trinajstić information content (AvgIpc) is 3.14. The molecule has 7 nitrogen and oxygen atoms in total. The van der Waals surface area contributed by atoms with Crippen LogP contribution in [0.25, 0.3) is 10.2 Å². The molecule has 2 amide bonds. The van der Waals surface area contributed by atoms with Crippen molar-refractivity contribution in [2.75, 3.05) is 12.4 Å². The smallest absolute Gasteiger partial charge is 0.276 e. The summed E-state index contributed by atoms with van der Waals surface area (Å²) in [5.41, 5.74) is 7.19. The summed E-state index contributed by atoms with van der Waals surface area (Å²) >= 11 is 3.09. The second-order valence-electron chi connectivity index (χ2n) is 7.06. The molecule has 30 heavy (non-hydrogen) atoms. The number of hydrazine groups is 1. The highest BCUT2D eigenvalue weighted by molar-refractivity contribution is 8.00. The van der Waals surface area contributed by atoms with Gasteiger partial charge in [-0.15, -0.1) is 11.3 Å². The number of carbonyl (C=O) groups excluding carboxylic acids is 2. The number of nitrogens with one attached hydrogen (secondary N) is 2. The highest BCUT2D eigenvalue weighted by atomic mass is 32.2. The van der Waals surface area contributed by atoms with E-state index in [1.54, 1.807) is 23.7 Å². The largest absolute Gasteiger partial charge is 0.484 e. The molecule has 0 fully saturated rings. The lowest BCUT2D eigenvalue weighted by atomic mass is 9.97. The van der Waals surface area contributed by atoms with Gasteiger partial charge in [0.1, 0.15) is 21.9 Å². The summed E-state index contributed by atoms with van der Waals surface area (Å²) < 4.78 is 5.42. The van der Waals surface area contributed by atoms with Gasteiger partial charge in [-0.25, -0.2) is 9.97 Å². The number of thiophene rings is 1. The predicted octanol–water partition coefficient (Wildman–Crippen LogP) is 3.20. The van der Waals surface area contributed by atoms with Gasteiger partial charge in [0, 0.05) is 10.3 Å². The number of nitrogens with zero attached hydrogens (tertiary/aromatic N) is 2. The van der Waals surface area contributed by atoms with Crippen LogP contribution < -0.4 is 15.6 Å². The van der Waals surface area contributed by atoms with Crippen LogP contribution in [-0.4, -0.2) is 34.1 Å². The van der Waals surface area contributed by atoms with Crippen LogP contribution >= 0.6 is 23.1 Å². The summed E-state index contributed by atoms with van der Waals surface area (Å²) in [5, 5.41) is 1.91. The first kappa shape index (κ1) is 20.6. The molecule has 9 heteroatoms. The highest BCUT2D eigenvalue weighted by Crippen LogP contribution is 2.39. The first-order valence-electron chi connectivity index (χ1n) is 9.75. The number of benzene rings is 1. The van der Waals surface area contributed by atoms with E-state index in [1.165, 1.54) is 35.0 Å². The molecule has 0 saturated heterocycles. The fraction of sp³-hybridized carbons (Fsp3) is 0.333. The Bertz CT molecular complexity index is 1080. The van der Waals surface area contributed by atoms with E-state index in [2.05, 4.69) is 20.8 Å². The van der Waals surface area contributed by atoms with Crippen LogP contribution in [0.4, 0.5) is 0 Å². The maximum Gasteiger partial charge on any atom is 0.276 e. The Morgan fingerprint density at radius 3 is 2.87 bits per heavy atom. The molecule has 2 N–H and O–H groups in total. The van der Waals surface area contributed by atoms with Gasteiger partial charge in [0.2, 0.25) is 5.91 Å². The van der Waals surface area contributed by atoms with Crippen LogP contribution in [0.2, 0.25) is 0 Å². The standard InChI is InChI=1S/C21H22N4O3S2/c1-13-5-4-6-14(9-13)28-10-17(26)24-25-18(27)11-29-20-19-15-7-2-3-8-16(15)30-21(19)23-12-22-20/h4-6,9,12H,2-3,7-8,10-11H2,1H3,(H,24,26)(H,25,27).